The van der Waals surface area contributed by atoms with Crippen LogP contribution in [0.25, 0.3) is 11.0 Å². The fourth-order valence-corrected chi connectivity index (χ4v) is 3.45. The Hall–Kier alpha value is -2.57. The fraction of sp³-hybridized carbons (Fsp3) is 0.571. The second kappa shape index (κ2) is 9.57. The van der Waals surface area contributed by atoms with Crippen LogP contribution in [0, 0.1) is 5.92 Å². The van der Waals surface area contributed by atoms with E-state index in [0.717, 1.165) is 55.8 Å². The number of benzene rings is 1. The predicted octanol–water partition coefficient (Wildman–Crippen LogP) is 3.29. The number of imidazole rings is 1. The van der Waals surface area contributed by atoms with E-state index in [-0.39, 0.29) is 11.9 Å². The molecule has 3 amide bonds. The number of carbonyl (C=O) groups excluding carboxylic acids is 2. The van der Waals surface area contributed by atoms with Crippen LogP contribution in [0.5, 0.6) is 0 Å². The maximum Gasteiger partial charge on any atom is 0.324 e. The van der Waals surface area contributed by atoms with Crippen molar-refractivity contribution in [1.29, 1.82) is 0 Å². The third kappa shape index (κ3) is 5.03. The molecule has 2 N–H and O–H groups in total. The summed E-state index contributed by atoms with van der Waals surface area (Å²) in [7, 11) is 0. The highest BCUT2D eigenvalue weighted by molar-refractivity contribution is 5.93. The Kier molecular flexibility index (Phi) is 6.90. The van der Waals surface area contributed by atoms with E-state index in [2.05, 4.69) is 34.0 Å². The van der Waals surface area contributed by atoms with E-state index in [1.165, 1.54) is 0 Å². The minimum absolute atomic E-state index is 0.0968. The van der Waals surface area contributed by atoms with Crippen molar-refractivity contribution in [3.05, 3.63) is 24.3 Å². The van der Waals surface area contributed by atoms with Crippen molar-refractivity contribution in [1.82, 2.24) is 20.2 Å². The number of hydrogen-bond acceptors (Lipinski definition) is 3. The molecule has 0 saturated heterocycles. The van der Waals surface area contributed by atoms with Crippen LogP contribution in [0.3, 0.4) is 0 Å². The molecule has 3 rings (SSSR count). The lowest BCUT2D eigenvalue weighted by Crippen LogP contribution is -2.39. The predicted molar refractivity (Wildman–Crippen MR) is 111 cm³/mol. The lowest BCUT2D eigenvalue weighted by Gasteiger charge is -2.15. The molecule has 0 bridgehead atoms. The maximum absolute atomic E-state index is 12.5. The molecule has 152 valence electrons. The molecule has 0 atom stereocenters. The Bertz CT molecular complexity index is 814. The fourth-order valence-electron chi connectivity index (χ4n) is 3.45. The van der Waals surface area contributed by atoms with Crippen LogP contribution in [0.4, 0.5) is 10.7 Å². The average molecular weight is 386 g/mol. The molecule has 2 aromatic rings. The lowest BCUT2D eigenvalue weighted by atomic mass is 10.1. The molecule has 7 heteroatoms. The molecule has 0 saturated carbocycles. The summed E-state index contributed by atoms with van der Waals surface area (Å²) in [5.41, 5.74) is 1.99. The van der Waals surface area contributed by atoms with Gasteiger partial charge in [0.1, 0.15) is 0 Å². The molecule has 28 heavy (non-hydrogen) atoms. The zero-order chi connectivity index (χ0) is 19.9. The zero-order valence-electron chi connectivity index (χ0n) is 16.9. The summed E-state index contributed by atoms with van der Waals surface area (Å²) in [4.78, 5) is 30.5. The molecular formula is C21H31N5O2. The summed E-state index contributed by atoms with van der Waals surface area (Å²) in [5.74, 6) is 1.45. The van der Waals surface area contributed by atoms with Crippen molar-refractivity contribution in [2.75, 3.05) is 24.5 Å². The number of para-hydroxylation sites is 2. The van der Waals surface area contributed by atoms with Crippen LogP contribution in [0.1, 0.15) is 46.0 Å². The van der Waals surface area contributed by atoms with Gasteiger partial charge in [0.05, 0.1) is 11.0 Å². The van der Waals surface area contributed by atoms with Crippen LogP contribution in [0.2, 0.25) is 0 Å². The van der Waals surface area contributed by atoms with Gasteiger partial charge in [0, 0.05) is 32.6 Å². The number of urea groups is 1. The molecule has 7 nitrogen and oxygen atoms in total. The molecule has 0 fully saturated rings. The third-order valence-electron chi connectivity index (χ3n) is 5.07. The first-order valence-electron chi connectivity index (χ1n) is 10.3. The van der Waals surface area contributed by atoms with Crippen molar-refractivity contribution in [3.63, 3.8) is 0 Å². The molecule has 0 spiro atoms. The molecule has 1 aliphatic rings. The van der Waals surface area contributed by atoms with Gasteiger partial charge in [-0.3, -0.25) is 9.69 Å². The number of anilines is 1. The monoisotopic (exact) mass is 385 g/mol. The van der Waals surface area contributed by atoms with Crippen molar-refractivity contribution in [2.45, 2.75) is 52.5 Å². The number of unbranched alkanes of at least 4 members (excludes halogenated alkanes) is 2. The maximum atomic E-state index is 12.5. The highest BCUT2D eigenvalue weighted by Crippen LogP contribution is 2.26. The number of hydrogen-bond donors (Lipinski definition) is 2. The van der Waals surface area contributed by atoms with E-state index in [4.69, 9.17) is 0 Å². The van der Waals surface area contributed by atoms with E-state index < -0.39 is 0 Å². The SMILES string of the molecule is CC(C)CCNC(=O)CCCCCNC(=O)N1CCn2c1nc1ccccc12. The van der Waals surface area contributed by atoms with Crippen LogP contribution < -0.4 is 15.5 Å². The summed E-state index contributed by atoms with van der Waals surface area (Å²) in [6.45, 7) is 7.10. The Labute approximate surface area is 166 Å². The number of nitrogens with zero attached hydrogens (tertiary/aromatic N) is 3. The zero-order valence-corrected chi connectivity index (χ0v) is 16.9. The Morgan fingerprint density at radius 2 is 1.89 bits per heavy atom. The molecule has 0 unspecified atom stereocenters. The van der Waals surface area contributed by atoms with Gasteiger partial charge < -0.3 is 15.2 Å². The van der Waals surface area contributed by atoms with Crippen LogP contribution in [-0.4, -0.2) is 41.1 Å². The summed E-state index contributed by atoms with van der Waals surface area (Å²) in [5, 5.41) is 5.93. The van der Waals surface area contributed by atoms with E-state index in [0.29, 0.717) is 25.4 Å². The molecule has 2 heterocycles. The largest absolute Gasteiger partial charge is 0.356 e. The Morgan fingerprint density at radius 3 is 2.71 bits per heavy atom. The number of nitrogens with one attached hydrogen (secondary N) is 2. The van der Waals surface area contributed by atoms with Gasteiger partial charge >= 0.3 is 6.03 Å². The second-order valence-corrected chi connectivity index (χ2v) is 7.78. The highest BCUT2D eigenvalue weighted by Gasteiger charge is 2.27. The minimum Gasteiger partial charge on any atom is -0.356 e. The van der Waals surface area contributed by atoms with Crippen molar-refractivity contribution in [2.24, 2.45) is 5.92 Å². The second-order valence-electron chi connectivity index (χ2n) is 7.78. The van der Waals surface area contributed by atoms with Crippen molar-refractivity contribution >= 4 is 28.9 Å². The topological polar surface area (TPSA) is 79.3 Å². The summed E-state index contributed by atoms with van der Waals surface area (Å²) in [6, 6.07) is 7.85. The van der Waals surface area contributed by atoms with Gasteiger partial charge in [-0.25, -0.2) is 9.78 Å². The number of amides is 3. The van der Waals surface area contributed by atoms with Crippen LogP contribution in [0.15, 0.2) is 24.3 Å². The molecule has 0 aliphatic carbocycles. The summed E-state index contributed by atoms with van der Waals surface area (Å²) < 4.78 is 2.09. The highest BCUT2D eigenvalue weighted by atomic mass is 16.2. The molecule has 1 aromatic heterocycles. The first-order valence-corrected chi connectivity index (χ1v) is 10.3. The van der Waals surface area contributed by atoms with Crippen LogP contribution >= 0.6 is 0 Å². The summed E-state index contributed by atoms with van der Waals surface area (Å²) >= 11 is 0. The van der Waals surface area contributed by atoms with Crippen LogP contribution in [-0.2, 0) is 11.3 Å². The number of aromatic nitrogens is 2. The normalized spacial score (nSPS) is 13.2. The van der Waals surface area contributed by atoms with Gasteiger partial charge in [0.15, 0.2) is 0 Å². The minimum atomic E-state index is -0.0968. The molecule has 1 aliphatic heterocycles. The molecular weight excluding hydrogens is 354 g/mol. The quantitative estimate of drug-likeness (QED) is 0.650. The van der Waals surface area contributed by atoms with Crippen molar-refractivity contribution < 1.29 is 9.59 Å². The standard InChI is InChI=1S/C21H31N5O2/c1-16(2)11-13-22-19(27)10-4-3-7-12-23-21(28)26-15-14-25-18-9-6-5-8-17(18)24-20(25)26/h5-6,8-9,16H,3-4,7,10-15H2,1-2H3,(H,22,27)(H,23,28). The van der Waals surface area contributed by atoms with Gasteiger partial charge in [-0.2, -0.15) is 0 Å². The summed E-state index contributed by atoms with van der Waals surface area (Å²) in [6.07, 6.45) is 4.22. The lowest BCUT2D eigenvalue weighted by molar-refractivity contribution is -0.121. The van der Waals surface area contributed by atoms with Gasteiger partial charge in [0.25, 0.3) is 0 Å². The molecule has 1 aromatic carbocycles. The van der Waals surface area contributed by atoms with E-state index in [9.17, 15) is 9.59 Å². The third-order valence-corrected chi connectivity index (χ3v) is 5.07. The van der Waals surface area contributed by atoms with Gasteiger partial charge in [-0.15, -0.1) is 0 Å². The average Bonchev–Trinajstić information content (AvgIpc) is 3.23. The van der Waals surface area contributed by atoms with Crippen molar-refractivity contribution in [3.8, 4) is 0 Å². The van der Waals surface area contributed by atoms with E-state index in [1.807, 2.05) is 24.3 Å². The van der Waals surface area contributed by atoms with E-state index >= 15 is 0 Å². The smallest absolute Gasteiger partial charge is 0.324 e. The number of rotatable bonds is 9. The first-order chi connectivity index (χ1) is 13.6. The van der Waals surface area contributed by atoms with Gasteiger partial charge in [-0.1, -0.05) is 32.4 Å². The van der Waals surface area contributed by atoms with Gasteiger partial charge in [0.2, 0.25) is 11.9 Å². The Morgan fingerprint density at radius 1 is 1.07 bits per heavy atom. The molecule has 0 radical (unpaired) electrons. The number of fused-ring (bicyclic) bond motifs is 3. The Balaban J connectivity index is 1.33. The van der Waals surface area contributed by atoms with Gasteiger partial charge in [-0.05, 0) is 37.3 Å². The van der Waals surface area contributed by atoms with E-state index in [1.54, 1.807) is 4.90 Å². The first kappa shape index (κ1) is 20.2. The number of carbonyl (C=O) groups is 2.